The minimum Gasteiger partial charge on any atom is -0.493 e. The van der Waals surface area contributed by atoms with Gasteiger partial charge >= 0.3 is 0 Å². The Kier molecular flexibility index (Phi) is 3.55. The van der Waals surface area contributed by atoms with Crippen molar-refractivity contribution >= 4 is 11.5 Å². The van der Waals surface area contributed by atoms with E-state index in [0.29, 0.717) is 29.2 Å². The van der Waals surface area contributed by atoms with Gasteiger partial charge in [-0.1, -0.05) is 11.6 Å². The first-order valence-electron chi connectivity index (χ1n) is 6.09. The number of aromatic nitrogens is 2. The molecule has 1 aromatic heterocycles. The second-order valence-electron chi connectivity index (χ2n) is 4.30. The lowest BCUT2D eigenvalue weighted by atomic mass is 10.0. The Hall–Kier alpha value is -2.30. The number of anilines is 1. The molecule has 0 atom stereocenters. The number of benzene rings is 1. The van der Waals surface area contributed by atoms with Gasteiger partial charge in [0.2, 0.25) is 5.78 Å². The van der Waals surface area contributed by atoms with Gasteiger partial charge in [-0.05, 0) is 26.0 Å². The number of nitrogen functional groups attached to an aromatic ring is 1. The smallest absolute Gasteiger partial charge is 0.216 e. The minimum atomic E-state index is -0.169. The summed E-state index contributed by atoms with van der Waals surface area (Å²) in [5, 5.41) is 4.13. The van der Waals surface area contributed by atoms with Gasteiger partial charge in [0.15, 0.2) is 11.4 Å². The topological polar surface area (TPSA) is 70.1 Å². The fourth-order valence-electron chi connectivity index (χ4n) is 1.98. The van der Waals surface area contributed by atoms with E-state index in [1.54, 1.807) is 23.0 Å². The van der Waals surface area contributed by atoms with Crippen LogP contribution >= 0.6 is 0 Å². The lowest BCUT2D eigenvalue weighted by Crippen LogP contribution is -2.13. The molecule has 0 saturated carbocycles. The zero-order valence-corrected chi connectivity index (χ0v) is 11.3. The van der Waals surface area contributed by atoms with Crippen molar-refractivity contribution in [2.24, 2.45) is 0 Å². The summed E-state index contributed by atoms with van der Waals surface area (Å²) in [5.41, 5.74) is 8.25. The number of hydrogen-bond acceptors (Lipinski definition) is 4. The molecule has 0 aliphatic heterocycles. The molecule has 0 spiro atoms. The molecule has 2 rings (SSSR count). The Balaban J connectivity index is 2.55. The maximum atomic E-state index is 12.6. The monoisotopic (exact) mass is 259 g/mol. The first-order chi connectivity index (χ1) is 9.08. The molecular weight excluding hydrogens is 242 g/mol. The summed E-state index contributed by atoms with van der Waals surface area (Å²) < 4.78 is 6.81. The van der Waals surface area contributed by atoms with E-state index in [4.69, 9.17) is 10.5 Å². The molecule has 5 heteroatoms. The van der Waals surface area contributed by atoms with Crippen molar-refractivity contribution in [2.45, 2.75) is 20.4 Å². The summed E-state index contributed by atoms with van der Waals surface area (Å²) in [4.78, 5) is 12.6. The van der Waals surface area contributed by atoms with Gasteiger partial charge < -0.3 is 10.5 Å². The molecule has 0 unspecified atom stereocenters. The molecule has 1 heterocycles. The van der Waals surface area contributed by atoms with E-state index in [1.807, 2.05) is 19.9 Å². The number of nitrogens with two attached hydrogens (primary N) is 1. The first-order valence-corrected chi connectivity index (χ1v) is 6.09. The van der Waals surface area contributed by atoms with Crippen LogP contribution in [0.4, 0.5) is 5.69 Å². The molecule has 0 aliphatic rings. The van der Waals surface area contributed by atoms with E-state index in [2.05, 4.69) is 5.10 Å². The summed E-state index contributed by atoms with van der Waals surface area (Å²) >= 11 is 0. The zero-order valence-electron chi connectivity index (χ0n) is 11.3. The number of carbonyl (C=O) groups is 1. The summed E-state index contributed by atoms with van der Waals surface area (Å²) in [7, 11) is 1.52. The summed E-state index contributed by atoms with van der Waals surface area (Å²) in [6.45, 7) is 4.43. The first kappa shape index (κ1) is 13.1. The van der Waals surface area contributed by atoms with Gasteiger partial charge in [0.1, 0.15) is 0 Å². The molecule has 2 aromatic rings. The van der Waals surface area contributed by atoms with Crippen LogP contribution in [0.5, 0.6) is 5.75 Å². The van der Waals surface area contributed by atoms with Crippen molar-refractivity contribution in [2.75, 3.05) is 12.8 Å². The molecule has 0 aliphatic carbocycles. The molecular formula is C14H17N3O2. The van der Waals surface area contributed by atoms with E-state index in [0.717, 1.165) is 5.56 Å². The lowest BCUT2D eigenvalue weighted by Gasteiger charge is -2.09. The van der Waals surface area contributed by atoms with Gasteiger partial charge in [-0.25, -0.2) is 0 Å². The van der Waals surface area contributed by atoms with Gasteiger partial charge in [0, 0.05) is 17.8 Å². The third kappa shape index (κ3) is 2.31. The van der Waals surface area contributed by atoms with Gasteiger partial charge in [-0.2, -0.15) is 5.10 Å². The highest BCUT2D eigenvalue weighted by atomic mass is 16.5. The average molecular weight is 259 g/mol. The Morgan fingerprint density at radius 3 is 2.84 bits per heavy atom. The Morgan fingerprint density at radius 1 is 1.47 bits per heavy atom. The SMILES string of the molecule is CCn1ncc(OC)c1C(=O)c1cc(C)ccc1N. The molecule has 0 bridgehead atoms. The maximum Gasteiger partial charge on any atom is 0.216 e. The van der Waals surface area contributed by atoms with Crippen molar-refractivity contribution in [3.05, 3.63) is 41.2 Å². The Morgan fingerprint density at radius 2 is 2.21 bits per heavy atom. The number of ketones is 1. The van der Waals surface area contributed by atoms with Crippen molar-refractivity contribution in [1.29, 1.82) is 0 Å². The number of ether oxygens (including phenoxy) is 1. The standard InChI is InChI=1S/C14H17N3O2/c1-4-17-13(12(19-3)8-16-17)14(18)10-7-9(2)5-6-11(10)15/h5-8H,4,15H2,1-3H3. The van der Waals surface area contributed by atoms with Crippen LogP contribution in [0, 0.1) is 6.92 Å². The van der Waals surface area contributed by atoms with E-state index in [9.17, 15) is 4.79 Å². The van der Waals surface area contributed by atoms with Gasteiger partial charge in [0.25, 0.3) is 0 Å². The fourth-order valence-corrected chi connectivity index (χ4v) is 1.98. The highest BCUT2D eigenvalue weighted by Gasteiger charge is 2.22. The third-order valence-corrected chi connectivity index (χ3v) is 2.99. The normalized spacial score (nSPS) is 10.5. The molecule has 0 radical (unpaired) electrons. The van der Waals surface area contributed by atoms with Gasteiger partial charge in [-0.15, -0.1) is 0 Å². The minimum absolute atomic E-state index is 0.169. The predicted octanol–water partition coefficient (Wildman–Crippen LogP) is 2.03. The summed E-state index contributed by atoms with van der Waals surface area (Å²) in [6, 6.07) is 5.40. The lowest BCUT2D eigenvalue weighted by molar-refractivity contribution is 0.102. The van der Waals surface area contributed by atoms with Crippen molar-refractivity contribution < 1.29 is 9.53 Å². The predicted molar refractivity (Wildman–Crippen MR) is 73.5 cm³/mol. The molecule has 19 heavy (non-hydrogen) atoms. The van der Waals surface area contributed by atoms with Crippen molar-refractivity contribution in [1.82, 2.24) is 9.78 Å². The van der Waals surface area contributed by atoms with Crippen LogP contribution in [-0.2, 0) is 6.54 Å². The highest BCUT2D eigenvalue weighted by molar-refractivity contribution is 6.12. The maximum absolute atomic E-state index is 12.6. The molecule has 1 aromatic carbocycles. The average Bonchev–Trinajstić information content (AvgIpc) is 2.83. The quantitative estimate of drug-likeness (QED) is 0.673. The number of aryl methyl sites for hydroxylation is 2. The number of rotatable bonds is 4. The fraction of sp³-hybridized carbons (Fsp3) is 0.286. The van der Waals surface area contributed by atoms with Crippen LogP contribution < -0.4 is 10.5 Å². The van der Waals surface area contributed by atoms with E-state index >= 15 is 0 Å². The summed E-state index contributed by atoms with van der Waals surface area (Å²) in [6.07, 6.45) is 1.54. The van der Waals surface area contributed by atoms with E-state index in [1.165, 1.54) is 7.11 Å². The van der Waals surface area contributed by atoms with Crippen LogP contribution in [0.25, 0.3) is 0 Å². The zero-order chi connectivity index (χ0) is 14.0. The highest BCUT2D eigenvalue weighted by Crippen LogP contribution is 2.24. The van der Waals surface area contributed by atoms with Crippen LogP contribution in [0.15, 0.2) is 24.4 Å². The number of carbonyl (C=O) groups excluding carboxylic acids is 1. The van der Waals surface area contributed by atoms with E-state index < -0.39 is 0 Å². The molecule has 0 fully saturated rings. The number of methoxy groups -OCH3 is 1. The Bertz CT molecular complexity index is 596. The van der Waals surface area contributed by atoms with Crippen LogP contribution in [0.2, 0.25) is 0 Å². The Labute approximate surface area is 112 Å². The van der Waals surface area contributed by atoms with E-state index in [-0.39, 0.29) is 5.78 Å². The largest absolute Gasteiger partial charge is 0.493 e. The third-order valence-electron chi connectivity index (χ3n) is 2.99. The van der Waals surface area contributed by atoms with Gasteiger partial charge in [-0.3, -0.25) is 9.48 Å². The second kappa shape index (κ2) is 5.14. The van der Waals surface area contributed by atoms with Crippen LogP contribution in [0.1, 0.15) is 28.5 Å². The van der Waals surface area contributed by atoms with Crippen LogP contribution in [-0.4, -0.2) is 22.7 Å². The van der Waals surface area contributed by atoms with Crippen molar-refractivity contribution in [3.63, 3.8) is 0 Å². The molecule has 0 saturated heterocycles. The molecule has 2 N–H and O–H groups in total. The molecule has 5 nitrogen and oxygen atoms in total. The van der Waals surface area contributed by atoms with Crippen LogP contribution in [0.3, 0.4) is 0 Å². The summed E-state index contributed by atoms with van der Waals surface area (Å²) in [5.74, 6) is 0.296. The van der Waals surface area contributed by atoms with Gasteiger partial charge in [0.05, 0.1) is 13.3 Å². The number of hydrogen-bond donors (Lipinski definition) is 1. The van der Waals surface area contributed by atoms with Crippen molar-refractivity contribution in [3.8, 4) is 5.75 Å². The molecule has 100 valence electrons. The molecule has 0 amide bonds. The second-order valence-corrected chi connectivity index (χ2v) is 4.30. The number of nitrogens with zero attached hydrogens (tertiary/aromatic N) is 2.